The molecule has 0 saturated heterocycles. The molecule has 0 aromatic heterocycles. The van der Waals surface area contributed by atoms with Gasteiger partial charge in [-0.1, -0.05) is 93.7 Å². The fraction of sp³-hybridized carbons (Fsp3) is 0.118. The number of hydrogen-bond acceptors (Lipinski definition) is 3. The number of carbonyl (C=O) groups is 1. The first-order chi connectivity index (χ1) is 10.6. The summed E-state index contributed by atoms with van der Waals surface area (Å²) in [6.07, 6.45) is 0. The van der Waals surface area contributed by atoms with Crippen molar-refractivity contribution in [3.63, 3.8) is 0 Å². The van der Waals surface area contributed by atoms with Gasteiger partial charge >= 0.3 is 5.97 Å². The summed E-state index contributed by atoms with van der Waals surface area (Å²) in [6, 6.07) is 14.8. The number of phenols is 1. The molecule has 3 rings (SSSR count). The van der Waals surface area contributed by atoms with Gasteiger partial charge in [0, 0.05) is 26.0 Å². The molecule has 1 atom stereocenters. The van der Waals surface area contributed by atoms with Gasteiger partial charge in [0.05, 0.1) is 0 Å². The number of aromatic hydroxyl groups is 1. The number of esters is 1. The Balaban J connectivity index is 2.29. The van der Waals surface area contributed by atoms with Gasteiger partial charge in [0.1, 0.15) is 15.4 Å². The number of rotatable bonds is 3. The topological polar surface area (TPSA) is 46.5 Å². The van der Waals surface area contributed by atoms with Crippen LogP contribution in [0.15, 0.2) is 48.5 Å². The second kappa shape index (κ2) is 6.57. The Morgan fingerprint density at radius 1 is 1.00 bits per heavy atom. The second-order valence-corrected chi connectivity index (χ2v) is 7.20. The number of phenolic OH excluding ortho intramolecular Hbond substituents is 1. The molecule has 1 N–H and O–H groups in total. The highest BCUT2D eigenvalue weighted by atomic mass is 127. The van der Waals surface area contributed by atoms with Crippen LogP contribution >= 0.6 is 45.2 Å². The maximum Gasteiger partial charge on any atom is 0.325 e. The van der Waals surface area contributed by atoms with Crippen molar-refractivity contribution >= 4 is 72.7 Å². The van der Waals surface area contributed by atoms with Crippen molar-refractivity contribution in [3.05, 3.63) is 48.5 Å². The van der Waals surface area contributed by atoms with Crippen molar-refractivity contribution in [2.75, 3.05) is 4.43 Å². The van der Waals surface area contributed by atoms with E-state index in [4.69, 9.17) is 4.74 Å². The zero-order chi connectivity index (χ0) is 15.7. The first-order valence-electron chi connectivity index (χ1n) is 6.67. The molecule has 3 nitrogen and oxygen atoms in total. The van der Waals surface area contributed by atoms with Crippen LogP contribution in [0.4, 0.5) is 0 Å². The summed E-state index contributed by atoms with van der Waals surface area (Å²) in [5, 5.41) is 13.3. The fourth-order valence-corrected chi connectivity index (χ4v) is 2.89. The first-order valence-corrected chi connectivity index (χ1v) is 9.44. The van der Waals surface area contributed by atoms with Gasteiger partial charge in [-0.3, -0.25) is 4.79 Å². The van der Waals surface area contributed by atoms with E-state index in [1.807, 2.05) is 48.5 Å². The van der Waals surface area contributed by atoms with Gasteiger partial charge in [-0.2, -0.15) is 0 Å². The lowest BCUT2D eigenvalue weighted by Crippen LogP contribution is -2.21. The molecule has 0 radical (unpaired) electrons. The molecule has 0 spiro atoms. The van der Waals surface area contributed by atoms with E-state index in [1.165, 1.54) is 0 Å². The van der Waals surface area contributed by atoms with Crippen LogP contribution in [0.25, 0.3) is 21.5 Å². The van der Waals surface area contributed by atoms with Crippen LogP contribution in [0, 0.1) is 0 Å². The molecular weight excluding hydrogens is 506 g/mol. The number of benzene rings is 3. The van der Waals surface area contributed by atoms with E-state index < -0.39 is 0 Å². The number of hydrogen-bond donors (Lipinski definition) is 1. The lowest BCUT2D eigenvalue weighted by molar-refractivity contribution is -0.132. The number of carbonyl (C=O) groups excluding carboxylic acids is 1. The van der Waals surface area contributed by atoms with Crippen LogP contribution in [-0.4, -0.2) is 19.4 Å². The molecule has 0 fully saturated rings. The Hall–Kier alpha value is -1.09. The highest BCUT2D eigenvalue weighted by Crippen LogP contribution is 2.42. The molecule has 0 bridgehead atoms. The molecule has 0 aliphatic heterocycles. The summed E-state index contributed by atoms with van der Waals surface area (Å²) in [5.41, 5.74) is 0. The van der Waals surface area contributed by atoms with E-state index in [2.05, 4.69) is 45.2 Å². The Morgan fingerprint density at radius 3 is 1.91 bits per heavy atom. The second-order valence-electron chi connectivity index (χ2n) is 4.81. The molecule has 3 aromatic rings. The molecule has 112 valence electrons. The molecule has 0 aliphatic rings. The predicted octanol–water partition coefficient (Wildman–Crippen LogP) is 4.84. The van der Waals surface area contributed by atoms with Crippen LogP contribution in [-0.2, 0) is 4.79 Å². The Bertz CT molecular complexity index is 804. The van der Waals surface area contributed by atoms with Crippen molar-refractivity contribution < 1.29 is 14.6 Å². The van der Waals surface area contributed by atoms with E-state index >= 15 is 0 Å². The maximum absolute atomic E-state index is 12.2. The number of alkyl halides is 2. The fourth-order valence-electron chi connectivity index (χ4n) is 2.40. The molecule has 0 heterocycles. The van der Waals surface area contributed by atoms with E-state index in [0.717, 1.165) is 10.8 Å². The molecule has 0 saturated carbocycles. The molecule has 0 aliphatic carbocycles. The summed E-state index contributed by atoms with van der Waals surface area (Å²) in [7, 11) is 0. The standard InChI is InChI=1S/C17H12I2O3/c18-9-14(19)17(21)22-16-12-7-3-1-5-10(12)15(20)11-6-2-4-8-13(11)16/h1-8,14,20H,9H2. The predicted molar refractivity (Wildman–Crippen MR) is 105 cm³/mol. The lowest BCUT2D eigenvalue weighted by Gasteiger charge is -2.14. The average Bonchev–Trinajstić information content (AvgIpc) is 2.57. The minimum absolute atomic E-state index is 0.204. The molecule has 3 aromatic carbocycles. The van der Waals surface area contributed by atoms with Gasteiger partial charge in [0.25, 0.3) is 0 Å². The van der Waals surface area contributed by atoms with E-state index in [9.17, 15) is 9.90 Å². The summed E-state index contributed by atoms with van der Waals surface area (Å²) >= 11 is 4.25. The van der Waals surface area contributed by atoms with Crippen LogP contribution in [0.3, 0.4) is 0 Å². The molecule has 1 unspecified atom stereocenters. The molecule has 22 heavy (non-hydrogen) atoms. The van der Waals surface area contributed by atoms with Crippen molar-refractivity contribution in [2.24, 2.45) is 0 Å². The minimum atomic E-state index is -0.268. The third-order valence-corrected chi connectivity index (χ3v) is 6.96. The third kappa shape index (κ3) is 2.76. The zero-order valence-electron chi connectivity index (χ0n) is 11.4. The normalized spacial score (nSPS) is 12.5. The Labute approximate surface area is 154 Å². The monoisotopic (exact) mass is 518 g/mol. The first kappa shape index (κ1) is 15.8. The minimum Gasteiger partial charge on any atom is -0.507 e. The summed E-state index contributed by atoms with van der Waals surface area (Å²) < 4.78 is 6.17. The SMILES string of the molecule is O=C(Oc1c2ccccc2c(O)c2ccccc12)C(I)CI. The van der Waals surface area contributed by atoms with Gasteiger partial charge in [-0.15, -0.1) is 0 Å². The highest BCUT2D eigenvalue weighted by molar-refractivity contribution is 14.1. The summed E-state index contributed by atoms with van der Waals surface area (Å²) in [6.45, 7) is 0. The smallest absolute Gasteiger partial charge is 0.325 e. The Morgan fingerprint density at radius 2 is 1.45 bits per heavy atom. The van der Waals surface area contributed by atoms with Crippen molar-refractivity contribution in [2.45, 2.75) is 3.92 Å². The van der Waals surface area contributed by atoms with Crippen LogP contribution < -0.4 is 4.74 Å². The molecule has 5 heteroatoms. The van der Waals surface area contributed by atoms with Crippen LogP contribution in [0.2, 0.25) is 0 Å². The van der Waals surface area contributed by atoms with Crippen molar-refractivity contribution in [1.29, 1.82) is 0 Å². The zero-order valence-corrected chi connectivity index (χ0v) is 15.7. The van der Waals surface area contributed by atoms with Gasteiger partial charge in [0.2, 0.25) is 0 Å². The number of ether oxygens (including phenoxy) is 1. The quantitative estimate of drug-likeness (QED) is 0.178. The molecular formula is C17H12I2O3. The largest absolute Gasteiger partial charge is 0.507 e. The van der Waals surface area contributed by atoms with Gasteiger partial charge in [-0.25, -0.2) is 0 Å². The van der Waals surface area contributed by atoms with E-state index in [0.29, 0.717) is 20.9 Å². The Kier molecular flexibility index (Phi) is 4.72. The average molecular weight is 518 g/mol. The van der Waals surface area contributed by atoms with Crippen molar-refractivity contribution in [3.8, 4) is 11.5 Å². The maximum atomic E-state index is 12.2. The van der Waals surface area contributed by atoms with Gasteiger partial charge in [0.15, 0.2) is 0 Å². The summed E-state index contributed by atoms with van der Waals surface area (Å²) in [4.78, 5) is 12.2. The van der Waals surface area contributed by atoms with E-state index in [1.54, 1.807) is 0 Å². The van der Waals surface area contributed by atoms with Crippen LogP contribution in [0.5, 0.6) is 11.5 Å². The number of halogens is 2. The van der Waals surface area contributed by atoms with E-state index in [-0.39, 0.29) is 15.6 Å². The van der Waals surface area contributed by atoms with Gasteiger partial charge < -0.3 is 9.84 Å². The third-order valence-electron chi connectivity index (χ3n) is 3.45. The summed E-state index contributed by atoms with van der Waals surface area (Å²) in [5.74, 6) is 0.461. The highest BCUT2D eigenvalue weighted by Gasteiger charge is 2.20. The molecule has 0 amide bonds. The lowest BCUT2D eigenvalue weighted by atomic mass is 10.0. The van der Waals surface area contributed by atoms with Gasteiger partial charge in [-0.05, 0) is 0 Å². The van der Waals surface area contributed by atoms with Crippen molar-refractivity contribution in [1.82, 2.24) is 0 Å². The number of fused-ring (bicyclic) bond motifs is 2. The van der Waals surface area contributed by atoms with Crippen LogP contribution in [0.1, 0.15) is 0 Å².